The predicted molar refractivity (Wildman–Crippen MR) is 58.7 cm³/mol. The summed E-state index contributed by atoms with van der Waals surface area (Å²) in [7, 11) is 1.64. The largest absolute Gasteiger partial charge is 0.507 e. The van der Waals surface area contributed by atoms with Gasteiger partial charge in [-0.3, -0.25) is 0 Å². The van der Waals surface area contributed by atoms with Gasteiger partial charge in [0, 0.05) is 26.6 Å². The van der Waals surface area contributed by atoms with Gasteiger partial charge in [0.2, 0.25) is 0 Å². The van der Waals surface area contributed by atoms with Crippen molar-refractivity contribution in [1.82, 2.24) is 5.32 Å². The van der Waals surface area contributed by atoms with E-state index in [0.29, 0.717) is 5.70 Å². The minimum absolute atomic E-state index is 0.484. The summed E-state index contributed by atoms with van der Waals surface area (Å²) in [6.45, 7) is 4.54. The van der Waals surface area contributed by atoms with Crippen LogP contribution in [0.2, 0.25) is 0 Å². The summed E-state index contributed by atoms with van der Waals surface area (Å²) >= 11 is 0. The van der Waals surface area contributed by atoms with Crippen molar-refractivity contribution in [1.29, 1.82) is 0 Å². The summed E-state index contributed by atoms with van der Waals surface area (Å²) in [6, 6.07) is 0. The van der Waals surface area contributed by atoms with E-state index in [-0.39, 0.29) is 0 Å². The lowest BCUT2D eigenvalue weighted by molar-refractivity contribution is -0.222. The van der Waals surface area contributed by atoms with Gasteiger partial charge >= 0.3 is 11.9 Å². The molecule has 0 saturated carbocycles. The van der Waals surface area contributed by atoms with E-state index in [1.807, 2.05) is 0 Å². The molecule has 0 aliphatic carbocycles. The Morgan fingerprint density at radius 2 is 1.76 bits per heavy atom. The van der Waals surface area contributed by atoms with Crippen LogP contribution >= 0.6 is 0 Å². The molecule has 0 amide bonds. The number of cyclic esters (lactones) is 2. The van der Waals surface area contributed by atoms with E-state index in [9.17, 15) is 14.7 Å². The standard InChI is InChI=1S/C11H15NO5/c1-6(12-4)5-7(13)8-9(14)16-11(2,3)17-10(8)15/h5,12-13H,1-4H3. The number of aliphatic hydroxyl groups excluding tert-OH is 1. The van der Waals surface area contributed by atoms with E-state index < -0.39 is 29.1 Å². The molecule has 1 rings (SSSR count). The van der Waals surface area contributed by atoms with Crippen molar-refractivity contribution in [2.24, 2.45) is 0 Å². The molecule has 0 aromatic heterocycles. The summed E-state index contributed by atoms with van der Waals surface area (Å²) in [5.41, 5.74) is 0.0827. The van der Waals surface area contributed by atoms with E-state index in [1.165, 1.54) is 19.9 Å². The molecule has 0 radical (unpaired) electrons. The highest BCUT2D eigenvalue weighted by Crippen LogP contribution is 2.24. The second-order valence-electron chi connectivity index (χ2n) is 4.02. The molecular weight excluding hydrogens is 226 g/mol. The van der Waals surface area contributed by atoms with Crippen LogP contribution in [0, 0.1) is 0 Å². The maximum absolute atomic E-state index is 11.5. The van der Waals surface area contributed by atoms with Crippen LogP contribution < -0.4 is 5.32 Å². The lowest BCUT2D eigenvalue weighted by atomic mass is 10.1. The molecule has 1 fully saturated rings. The molecule has 0 aromatic carbocycles. The van der Waals surface area contributed by atoms with Crippen LogP contribution in [0.25, 0.3) is 0 Å². The van der Waals surface area contributed by atoms with E-state index in [0.717, 1.165) is 0 Å². The topological polar surface area (TPSA) is 84.9 Å². The maximum atomic E-state index is 11.5. The van der Waals surface area contributed by atoms with Crippen molar-refractivity contribution >= 4 is 11.9 Å². The van der Waals surface area contributed by atoms with Crippen LogP contribution in [0.3, 0.4) is 0 Å². The molecule has 6 nitrogen and oxygen atoms in total. The zero-order valence-corrected chi connectivity index (χ0v) is 10.2. The zero-order chi connectivity index (χ0) is 13.2. The SMILES string of the molecule is CNC(C)=CC(O)=C1C(=O)OC(C)(C)OC1=O. The molecule has 1 saturated heterocycles. The van der Waals surface area contributed by atoms with E-state index >= 15 is 0 Å². The molecule has 1 heterocycles. The number of hydrogen-bond acceptors (Lipinski definition) is 6. The lowest BCUT2D eigenvalue weighted by Gasteiger charge is -2.29. The van der Waals surface area contributed by atoms with Gasteiger partial charge in [0.15, 0.2) is 5.57 Å². The summed E-state index contributed by atoms with van der Waals surface area (Å²) in [5, 5.41) is 12.4. The Kier molecular flexibility index (Phi) is 3.45. The van der Waals surface area contributed by atoms with Crippen LogP contribution in [0.4, 0.5) is 0 Å². The van der Waals surface area contributed by atoms with Crippen molar-refractivity contribution < 1.29 is 24.2 Å². The fourth-order valence-corrected chi connectivity index (χ4v) is 1.21. The lowest BCUT2D eigenvalue weighted by Crippen LogP contribution is -2.42. The zero-order valence-electron chi connectivity index (χ0n) is 10.2. The number of rotatable bonds is 2. The monoisotopic (exact) mass is 241 g/mol. The van der Waals surface area contributed by atoms with E-state index in [1.54, 1.807) is 14.0 Å². The van der Waals surface area contributed by atoms with E-state index in [2.05, 4.69) is 5.32 Å². The summed E-state index contributed by atoms with van der Waals surface area (Å²) in [5.74, 6) is -3.59. The summed E-state index contributed by atoms with van der Waals surface area (Å²) < 4.78 is 9.69. The van der Waals surface area contributed by atoms with Gasteiger partial charge in [-0.25, -0.2) is 9.59 Å². The third kappa shape index (κ3) is 2.99. The first kappa shape index (κ1) is 13.1. The molecule has 1 aliphatic rings. The van der Waals surface area contributed by atoms with Crippen LogP contribution in [-0.2, 0) is 19.1 Å². The molecule has 0 unspecified atom stereocenters. The van der Waals surface area contributed by atoms with Crippen molar-refractivity contribution in [2.75, 3.05) is 7.05 Å². The number of aliphatic hydroxyl groups is 1. The van der Waals surface area contributed by atoms with Crippen LogP contribution in [0.15, 0.2) is 23.1 Å². The fourth-order valence-electron chi connectivity index (χ4n) is 1.21. The molecule has 17 heavy (non-hydrogen) atoms. The van der Waals surface area contributed by atoms with Crippen LogP contribution in [0.5, 0.6) is 0 Å². The predicted octanol–water partition coefficient (Wildman–Crippen LogP) is 0.758. The van der Waals surface area contributed by atoms with Gasteiger partial charge in [0.25, 0.3) is 5.79 Å². The number of carbonyl (C=O) groups is 2. The van der Waals surface area contributed by atoms with Gasteiger partial charge in [-0.05, 0) is 13.0 Å². The van der Waals surface area contributed by atoms with Crippen molar-refractivity contribution in [3.05, 3.63) is 23.1 Å². The summed E-state index contributed by atoms with van der Waals surface area (Å²) in [6.07, 6.45) is 1.25. The minimum Gasteiger partial charge on any atom is -0.507 e. The number of esters is 2. The average molecular weight is 241 g/mol. The molecule has 2 N–H and O–H groups in total. The molecule has 6 heteroatoms. The van der Waals surface area contributed by atoms with Gasteiger partial charge in [0.05, 0.1) is 0 Å². The molecular formula is C11H15NO5. The highest BCUT2D eigenvalue weighted by molar-refractivity contribution is 6.16. The summed E-state index contributed by atoms with van der Waals surface area (Å²) in [4.78, 5) is 23.1. The molecule has 1 aliphatic heterocycles. The Bertz CT molecular complexity index is 398. The molecule has 0 spiro atoms. The second-order valence-corrected chi connectivity index (χ2v) is 4.02. The smallest absolute Gasteiger partial charge is 0.352 e. The van der Waals surface area contributed by atoms with Crippen molar-refractivity contribution in [2.45, 2.75) is 26.6 Å². The van der Waals surface area contributed by atoms with Gasteiger partial charge in [0.1, 0.15) is 5.76 Å². The third-order valence-electron chi connectivity index (χ3n) is 2.09. The number of carbonyl (C=O) groups excluding carboxylic acids is 2. The number of nitrogens with one attached hydrogen (secondary N) is 1. The van der Waals surface area contributed by atoms with Gasteiger partial charge in [-0.2, -0.15) is 0 Å². The maximum Gasteiger partial charge on any atom is 0.352 e. The van der Waals surface area contributed by atoms with Gasteiger partial charge in [-0.15, -0.1) is 0 Å². The number of hydrogen-bond donors (Lipinski definition) is 2. The normalized spacial score (nSPS) is 19.5. The van der Waals surface area contributed by atoms with Crippen molar-refractivity contribution in [3.8, 4) is 0 Å². The Balaban J connectivity index is 3.10. The first-order chi connectivity index (χ1) is 7.76. The molecule has 0 bridgehead atoms. The highest BCUT2D eigenvalue weighted by Gasteiger charge is 2.40. The van der Waals surface area contributed by atoms with Crippen molar-refractivity contribution in [3.63, 3.8) is 0 Å². The Morgan fingerprint density at radius 3 is 2.18 bits per heavy atom. The van der Waals surface area contributed by atoms with Crippen LogP contribution in [0.1, 0.15) is 20.8 Å². The second kappa shape index (κ2) is 4.48. The Labute approximate surface area is 98.9 Å². The first-order valence-electron chi connectivity index (χ1n) is 5.03. The molecule has 0 aromatic rings. The molecule has 94 valence electrons. The first-order valence-corrected chi connectivity index (χ1v) is 5.03. The highest BCUT2D eigenvalue weighted by atomic mass is 16.7. The van der Waals surface area contributed by atoms with Gasteiger partial charge in [-0.1, -0.05) is 0 Å². The molecule has 0 atom stereocenters. The van der Waals surface area contributed by atoms with E-state index in [4.69, 9.17) is 9.47 Å². The number of allylic oxidation sites excluding steroid dienone is 2. The van der Waals surface area contributed by atoms with Crippen LogP contribution in [-0.4, -0.2) is 29.9 Å². The third-order valence-corrected chi connectivity index (χ3v) is 2.09. The fraction of sp³-hybridized carbons (Fsp3) is 0.455. The Hall–Kier alpha value is -1.98. The average Bonchev–Trinajstić information content (AvgIpc) is 2.13. The Morgan fingerprint density at radius 1 is 1.29 bits per heavy atom. The van der Waals surface area contributed by atoms with Gasteiger partial charge < -0.3 is 19.9 Å². The minimum atomic E-state index is -1.31. The number of ether oxygens (including phenoxy) is 2. The quantitative estimate of drug-likeness (QED) is 0.321.